The van der Waals surface area contributed by atoms with E-state index in [1.807, 2.05) is 6.07 Å². The van der Waals surface area contributed by atoms with Gasteiger partial charge in [-0.15, -0.1) is 0 Å². The fourth-order valence-corrected chi connectivity index (χ4v) is 3.12. The highest BCUT2D eigenvalue weighted by Crippen LogP contribution is 2.21. The van der Waals surface area contributed by atoms with Gasteiger partial charge in [-0.2, -0.15) is 0 Å². The largest absolute Gasteiger partial charge is 0.497 e. The normalized spacial score (nSPS) is 10.7. The number of hydrogen-bond donors (Lipinski definition) is 2. The van der Waals surface area contributed by atoms with Crippen LogP contribution in [0.25, 0.3) is 10.9 Å². The van der Waals surface area contributed by atoms with E-state index in [0.29, 0.717) is 34.9 Å². The lowest BCUT2D eigenvalue weighted by Gasteiger charge is -2.08. The van der Waals surface area contributed by atoms with Crippen LogP contribution in [0.5, 0.6) is 5.75 Å². The molecule has 26 heavy (non-hydrogen) atoms. The maximum atomic E-state index is 12.2. The second kappa shape index (κ2) is 7.81. The number of halogens is 2. The summed E-state index contributed by atoms with van der Waals surface area (Å²) in [5, 5.41) is 4.37. The van der Waals surface area contributed by atoms with Gasteiger partial charge in [0.25, 0.3) is 11.5 Å². The quantitative estimate of drug-likeness (QED) is 0.695. The van der Waals surface area contributed by atoms with E-state index in [1.165, 1.54) is 6.07 Å². The van der Waals surface area contributed by atoms with Crippen LogP contribution < -0.4 is 15.6 Å². The van der Waals surface area contributed by atoms with E-state index < -0.39 is 0 Å². The van der Waals surface area contributed by atoms with Gasteiger partial charge < -0.3 is 15.0 Å². The number of H-pyrrole nitrogens is 1. The topological polar surface area (TPSA) is 71.2 Å². The van der Waals surface area contributed by atoms with Crippen LogP contribution in [0.1, 0.15) is 15.9 Å². The molecule has 0 saturated carbocycles. The first-order chi connectivity index (χ1) is 12.5. The molecular weight excluding hydrogens is 375 g/mol. The molecule has 1 amide bonds. The Bertz CT molecular complexity index is 1030. The number of aromatic amines is 1. The Kier molecular flexibility index (Phi) is 5.49. The molecule has 0 aliphatic carbocycles. The van der Waals surface area contributed by atoms with E-state index in [1.54, 1.807) is 37.4 Å². The molecular formula is C19H16Cl2N2O3. The van der Waals surface area contributed by atoms with Crippen molar-refractivity contribution in [2.45, 2.75) is 6.42 Å². The van der Waals surface area contributed by atoms with Crippen LogP contribution in [-0.2, 0) is 6.42 Å². The molecule has 0 fully saturated rings. The van der Waals surface area contributed by atoms with Crippen LogP contribution in [0.15, 0.2) is 47.3 Å². The van der Waals surface area contributed by atoms with Gasteiger partial charge in [0.15, 0.2) is 0 Å². The van der Waals surface area contributed by atoms with Gasteiger partial charge in [0.05, 0.1) is 17.7 Å². The van der Waals surface area contributed by atoms with Crippen molar-refractivity contribution in [2.24, 2.45) is 0 Å². The average Bonchev–Trinajstić information content (AvgIpc) is 2.61. The first-order valence-corrected chi connectivity index (χ1v) is 8.67. The number of hydrogen-bond acceptors (Lipinski definition) is 3. The number of nitrogens with one attached hydrogen (secondary N) is 2. The number of methoxy groups -OCH3 is 1. The fourth-order valence-electron chi connectivity index (χ4n) is 2.62. The SMILES string of the molecule is COc1ccc2[nH]c(=O)c(CCNC(=O)c3ccc(Cl)cc3Cl)cc2c1. The maximum absolute atomic E-state index is 12.2. The molecule has 2 N–H and O–H groups in total. The molecule has 0 atom stereocenters. The summed E-state index contributed by atoms with van der Waals surface area (Å²) in [6.45, 7) is 0.302. The minimum atomic E-state index is -0.314. The number of rotatable bonds is 5. The third-order valence-corrected chi connectivity index (χ3v) is 4.53. The molecule has 134 valence electrons. The summed E-state index contributed by atoms with van der Waals surface area (Å²) in [5.41, 5.74) is 1.47. The van der Waals surface area contributed by atoms with Gasteiger partial charge in [-0.1, -0.05) is 23.2 Å². The number of benzene rings is 2. The zero-order valence-corrected chi connectivity index (χ0v) is 15.4. The Morgan fingerprint density at radius 1 is 1.15 bits per heavy atom. The van der Waals surface area contributed by atoms with Crippen LogP contribution in [0.4, 0.5) is 0 Å². The van der Waals surface area contributed by atoms with Gasteiger partial charge in [0, 0.05) is 28.0 Å². The molecule has 3 aromatic rings. The zero-order valence-electron chi connectivity index (χ0n) is 13.9. The average molecular weight is 391 g/mol. The molecule has 0 saturated heterocycles. The minimum Gasteiger partial charge on any atom is -0.497 e. The molecule has 0 unspecified atom stereocenters. The van der Waals surface area contributed by atoms with Gasteiger partial charge in [-0.25, -0.2) is 0 Å². The molecule has 5 nitrogen and oxygen atoms in total. The predicted molar refractivity (Wildman–Crippen MR) is 104 cm³/mol. The van der Waals surface area contributed by atoms with Crippen molar-refractivity contribution in [3.8, 4) is 5.75 Å². The summed E-state index contributed by atoms with van der Waals surface area (Å²) in [6, 6.07) is 11.9. The van der Waals surface area contributed by atoms with E-state index in [4.69, 9.17) is 27.9 Å². The van der Waals surface area contributed by atoms with E-state index in [2.05, 4.69) is 10.3 Å². The molecule has 0 radical (unpaired) electrons. The fraction of sp³-hybridized carbons (Fsp3) is 0.158. The highest BCUT2D eigenvalue weighted by Gasteiger charge is 2.11. The maximum Gasteiger partial charge on any atom is 0.252 e. The summed E-state index contributed by atoms with van der Waals surface area (Å²) in [6.07, 6.45) is 0.388. The number of ether oxygens (including phenoxy) is 1. The highest BCUT2D eigenvalue weighted by atomic mass is 35.5. The molecule has 3 rings (SSSR count). The van der Waals surface area contributed by atoms with Crippen molar-refractivity contribution in [3.63, 3.8) is 0 Å². The second-order valence-electron chi connectivity index (χ2n) is 5.71. The number of carbonyl (C=O) groups excluding carboxylic acids is 1. The number of fused-ring (bicyclic) bond motifs is 1. The number of carbonyl (C=O) groups is 1. The van der Waals surface area contributed by atoms with Crippen molar-refractivity contribution in [2.75, 3.05) is 13.7 Å². The smallest absolute Gasteiger partial charge is 0.252 e. The van der Waals surface area contributed by atoms with Gasteiger partial charge >= 0.3 is 0 Å². The monoisotopic (exact) mass is 390 g/mol. The Morgan fingerprint density at radius 2 is 1.96 bits per heavy atom. The van der Waals surface area contributed by atoms with Gasteiger partial charge in [-0.3, -0.25) is 9.59 Å². The Labute approximate surface area is 159 Å². The van der Waals surface area contributed by atoms with Crippen LogP contribution in [0.2, 0.25) is 10.0 Å². The molecule has 0 bridgehead atoms. The standard InChI is InChI=1S/C19H16Cl2N2O3/c1-26-14-3-5-17-12(9-14)8-11(18(24)23-17)6-7-22-19(25)15-4-2-13(20)10-16(15)21/h2-5,8-10H,6-7H2,1H3,(H,22,25)(H,23,24). The lowest BCUT2D eigenvalue weighted by atomic mass is 10.1. The van der Waals surface area contributed by atoms with Crippen molar-refractivity contribution in [1.29, 1.82) is 0 Å². The van der Waals surface area contributed by atoms with Gasteiger partial charge in [0.2, 0.25) is 0 Å². The minimum absolute atomic E-state index is 0.179. The molecule has 0 spiro atoms. The second-order valence-corrected chi connectivity index (χ2v) is 6.55. The van der Waals surface area contributed by atoms with E-state index in [0.717, 1.165) is 10.9 Å². The molecule has 7 heteroatoms. The first-order valence-electron chi connectivity index (χ1n) is 7.91. The first kappa shape index (κ1) is 18.3. The van der Waals surface area contributed by atoms with Gasteiger partial charge in [0.1, 0.15) is 5.75 Å². The van der Waals surface area contributed by atoms with Crippen LogP contribution in [0.3, 0.4) is 0 Å². The summed E-state index contributed by atoms with van der Waals surface area (Å²) >= 11 is 11.9. The van der Waals surface area contributed by atoms with Crippen molar-refractivity contribution < 1.29 is 9.53 Å². The van der Waals surface area contributed by atoms with Crippen molar-refractivity contribution in [1.82, 2.24) is 10.3 Å². The molecule has 0 aliphatic rings. The van der Waals surface area contributed by atoms with Crippen LogP contribution in [0, 0.1) is 0 Å². The predicted octanol–water partition coefficient (Wildman–Crippen LogP) is 3.82. The van der Waals surface area contributed by atoms with E-state index >= 15 is 0 Å². The van der Waals surface area contributed by atoms with E-state index in [9.17, 15) is 9.59 Å². The Morgan fingerprint density at radius 3 is 2.69 bits per heavy atom. The number of amides is 1. The van der Waals surface area contributed by atoms with Crippen molar-refractivity contribution >= 4 is 40.0 Å². The Balaban J connectivity index is 1.72. The Hall–Kier alpha value is -2.50. The van der Waals surface area contributed by atoms with Crippen LogP contribution >= 0.6 is 23.2 Å². The van der Waals surface area contributed by atoms with Crippen molar-refractivity contribution in [3.05, 3.63) is 74.0 Å². The summed E-state index contributed by atoms with van der Waals surface area (Å²) in [4.78, 5) is 27.2. The lowest BCUT2D eigenvalue weighted by molar-refractivity contribution is 0.0954. The van der Waals surface area contributed by atoms with E-state index in [-0.39, 0.29) is 16.5 Å². The zero-order chi connectivity index (χ0) is 18.7. The summed E-state index contributed by atoms with van der Waals surface area (Å²) in [7, 11) is 1.59. The van der Waals surface area contributed by atoms with Crippen LogP contribution in [-0.4, -0.2) is 24.5 Å². The molecule has 0 aliphatic heterocycles. The lowest BCUT2D eigenvalue weighted by Crippen LogP contribution is -2.27. The highest BCUT2D eigenvalue weighted by molar-refractivity contribution is 6.36. The molecule has 1 aromatic heterocycles. The molecule has 1 heterocycles. The molecule has 2 aromatic carbocycles. The number of pyridine rings is 1. The third-order valence-electron chi connectivity index (χ3n) is 3.98. The third kappa shape index (κ3) is 4.00. The summed E-state index contributed by atoms with van der Waals surface area (Å²) in [5.74, 6) is 0.395. The summed E-state index contributed by atoms with van der Waals surface area (Å²) < 4.78 is 5.20. The number of aromatic nitrogens is 1. The van der Waals surface area contributed by atoms with Gasteiger partial charge in [-0.05, 0) is 48.9 Å².